The van der Waals surface area contributed by atoms with E-state index in [1.807, 2.05) is 11.3 Å². The monoisotopic (exact) mass is 937 g/mol. The number of fused-ring (bicyclic) bond motifs is 6. The molecule has 4 heteroatoms. The van der Waals surface area contributed by atoms with Gasteiger partial charge in [0.15, 0.2) is 0 Å². The van der Waals surface area contributed by atoms with Gasteiger partial charge in [0.2, 0.25) is 0 Å². The molecular weight excluding hydrogens is 891 g/mol. The number of para-hydroxylation sites is 2. The third-order valence-corrected chi connectivity index (χ3v) is 14.9. The zero-order valence-corrected chi connectivity index (χ0v) is 40.2. The summed E-state index contributed by atoms with van der Waals surface area (Å²) in [5, 5.41) is 7.46. The molecule has 0 aliphatic carbocycles. The first kappa shape index (κ1) is 42.8. The van der Waals surface area contributed by atoms with Crippen LogP contribution in [-0.4, -0.2) is 0 Å². The normalized spacial score (nSPS) is 11.3. The van der Waals surface area contributed by atoms with Gasteiger partial charge in [0.1, 0.15) is 0 Å². The highest BCUT2D eigenvalue weighted by Crippen LogP contribution is 2.46. The average Bonchev–Trinajstić information content (AvgIpc) is 3.82. The van der Waals surface area contributed by atoms with Crippen molar-refractivity contribution in [3.05, 3.63) is 285 Å². The molecule has 13 aromatic rings. The summed E-state index contributed by atoms with van der Waals surface area (Å²) < 4.78 is 2.55. The predicted molar refractivity (Wildman–Crippen MR) is 309 cm³/mol. The fraction of sp³-hybridized carbons (Fsp3) is 0. The van der Waals surface area contributed by atoms with Crippen molar-refractivity contribution < 1.29 is 0 Å². The Morgan fingerprint density at radius 2 is 0.611 bits per heavy atom. The fourth-order valence-corrected chi connectivity index (χ4v) is 11.5. The number of hydrogen-bond acceptors (Lipinski definition) is 4. The van der Waals surface area contributed by atoms with Crippen LogP contribution in [0.2, 0.25) is 0 Å². The minimum atomic E-state index is 1.04. The SMILES string of the molecule is c1ccc(-c2cc(-c3ccccc3)cc(N(c3ccccc3)c3cccc(N(c4cccc(N(c5ccccc5)c5ccc6c(ccc7ccccc76)c5)c4)c4ccc5sc6ccccc6c5c4)c3)c2)cc1. The smallest absolute Gasteiger partial charge is 0.0482 e. The van der Waals surface area contributed by atoms with Crippen molar-refractivity contribution in [1.29, 1.82) is 0 Å². The maximum absolute atomic E-state index is 2.42. The van der Waals surface area contributed by atoms with Crippen LogP contribution in [0.25, 0.3) is 64.0 Å². The zero-order chi connectivity index (χ0) is 47.8. The first-order valence-corrected chi connectivity index (χ1v) is 25.3. The molecule has 0 saturated carbocycles. The van der Waals surface area contributed by atoms with E-state index in [2.05, 4.69) is 300 Å². The Labute approximate surface area is 424 Å². The number of nitrogens with zero attached hydrogens (tertiary/aromatic N) is 3. The Kier molecular flexibility index (Phi) is 11.1. The summed E-state index contributed by atoms with van der Waals surface area (Å²) in [6, 6.07) is 104. The molecule has 0 radical (unpaired) electrons. The first-order valence-electron chi connectivity index (χ1n) is 24.5. The lowest BCUT2D eigenvalue weighted by Crippen LogP contribution is -2.14. The topological polar surface area (TPSA) is 9.72 Å². The summed E-state index contributed by atoms with van der Waals surface area (Å²) in [6.07, 6.45) is 0. The van der Waals surface area contributed by atoms with E-state index in [9.17, 15) is 0 Å². The molecule has 1 aromatic heterocycles. The second-order valence-electron chi connectivity index (χ2n) is 18.2. The molecule has 0 saturated heterocycles. The largest absolute Gasteiger partial charge is 0.310 e. The highest BCUT2D eigenvalue weighted by atomic mass is 32.1. The van der Waals surface area contributed by atoms with E-state index in [0.717, 1.165) is 62.3 Å². The summed E-state index contributed by atoms with van der Waals surface area (Å²) in [5.41, 5.74) is 14.2. The van der Waals surface area contributed by atoms with Crippen LogP contribution in [0.3, 0.4) is 0 Å². The molecule has 0 amide bonds. The molecule has 0 unspecified atom stereocenters. The van der Waals surface area contributed by atoms with E-state index < -0.39 is 0 Å². The predicted octanol–water partition coefficient (Wildman–Crippen LogP) is 20.1. The lowest BCUT2D eigenvalue weighted by Gasteiger charge is -2.31. The number of anilines is 9. The van der Waals surface area contributed by atoms with E-state index in [4.69, 9.17) is 0 Å². The molecule has 0 N–H and O–H groups in total. The molecule has 1 heterocycles. The Bertz CT molecular complexity index is 4000. The summed E-state index contributed by atoms with van der Waals surface area (Å²) in [6.45, 7) is 0. The van der Waals surface area contributed by atoms with E-state index in [1.165, 1.54) is 52.8 Å². The van der Waals surface area contributed by atoms with Gasteiger partial charge in [-0.1, -0.05) is 170 Å². The van der Waals surface area contributed by atoms with Gasteiger partial charge in [0.05, 0.1) is 0 Å². The van der Waals surface area contributed by atoms with E-state index in [1.54, 1.807) is 0 Å². The van der Waals surface area contributed by atoms with Crippen molar-refractivity contribution in [3.8, 4) is 22.3 Å². The van der Waals surface area contributed by atoms with Crippen molar-refractivity contribution in [2.75, 3.05) is 14.7 Å². The second-order valence-corrected chi connectivity index (χ2v) is 19.3. The van der Waals surface area contributed by atoms with Crippen LogP contribution >= 0.6 is 11.3 Å². The molecule has 0 fully saturated rings. The molecule has 3 nitrogen and oxygen atoms in total. The third-order valence-electron chi connectivity index (χ3n) is 13.7. The van der Waals surface area contributed by atoms with Crippen LogP contribution < -0.4 is 14.7 Å². The zero-order valence-electron chi connectivity index (χ0n) is 39.4. The maximum atomic E-state index is 2.42. The van der Waals surface area contributed by atoms with Crippen LogP contribution in [0.15, 0.2) is 285 Å². The van der Waals surface area contributed by atoms with Gasteiger partial charge in [0, 0.05) is 71.4 Å². The van der Waals surface area contributed by atoms with Crippen molar-refractivity contribution in [2.24, 2.45) is 0 Å². The van der Waals surface area contributed by atoms with Gasteiger partial charge in [-0.25, -0.2) is 0 Å². The lowest BCUT2D eigenvalue weighted by molar-refractivity contribution is 1.24. The standard InChI is InChI=1S/C68H47N3S/c1-5-19-48(20-6-1)52-41-53(49-21-7-2-8-22-49)44-62(43-52)70(55-26-11-4-12-27-55)57-29-18-31-59(46-57)71(61-38-40-68-66(47-61)65-33-15-16-34-67(65)72-68)58-30-17-28-56(45-58)69(54-24-9-3-10-25-54)60-37-39-64-51(42-60)36-35-50-23-13-14-32-63(50)64/h1-47H. The minimum Gasteiger partial charge on any atom is -0.310 e. The summed E-state index contributed by atoms with van der Waals surface area (Å²) >= 11 is 1.85. The van der Waals surface area contributed by atoms with E-state index in [0.29, 0.717) is 0 Å². The summed E-state index contributed by atoms with van der Waals surface area (Å²) in [7, 11) is 0. The second kappa shape index (κ2) is 18.6. The molecule has 0 aliphatic heterocycles. The van der Waals surface area contributed by atoms with Crippen LogP contribution in [0, 0.1) is 0 Å². The Morgan fingerprint density at radius 3 is 1.22 bits per heavy atom. The van der Waals surface area contributed by atoms with Gasteiger partial charge in [-0.2, -0.15) is 0 Å². The highest BCUT2D eigenvalue weighted by molar-refractivity contribution is 7.25. The fourth-order valence-electron chi connectivity index (χ4n) is 10.4. The molecule has 0 bridgehead atoms. The van der Waals surface area contributed by atoms with E-state index in [-0.39, 0.29) is 0 Å². The molecule has 0 aliphatic rings. The van der Waals surface area contributed by atoms with Gasteiger partial charge in [-0.05, 0) is 159 Å². The Hall–Kier alpha value is -9.22. The van der Waals surface area contributed by atoms with E-state index >= 15 is 0 Å². The number of hydrogen-bond donors (Lipinski definition) is 0. The van der Waals surface area contributed by atoms with Crippen molar-refractivity contribution in [3.63, 3.8) is 0 Å². The first-order chi connectivity index (χ1) is 35.7. The van der Waals surface area contributed by atoms with Crippen LogP contribution in [0.5, 0.6) is 0 Å². The number of rotatable bonds is 11. The molecule has 0 atom stereocenters. The van der Waals surface area contributed by atoms with Gasteiger partial charge < -0.3 is 14.7 Å². The Morgan fingerprint density at radius 1 is 0.194 bits per heavy atom. The molecule has 13 rings (SSSR count). The maximum Gasteiger partial charge on any atom is 0.0482 e. The molecule has 72 heavy (non-hydrogen) atoms. The molecular formula is C68H47N3S. The average molecular weight is 938 g/mol. The number of thiophene rings is 1. The molecule has 12 aromatic carbocycles. The van der Waals surface area contributed by atoms with Crippen molar-refractivity contribution >= 4 is 104 Å². The van der Waals surface area contributed by atoms with Crippen molar-refractivity contribution in [1.82, 2.24) is 0 Å². The summed E-state index contributed by atoms with van der Waals surface area (Å²) in [4.78, 5) is 7.20. The van der Waals surface area contributed by atoms with Crippen LogP contribution in [0.1, 0.15) is 0 Å². The lowest BCUT2D eigenvalue weighted by atomic mass is 9.97. The molecule has 0 spiro atoms. The third kappa shape index (κ3) is 8.10. The van der Waals surface area contributed by atoms with Crippen molar-refractivity contribution in [2.45, 2.75) is 0 Å². The number of benzene rings is 12. The van der Waals surface area contributed by atoms with Gasteiger partial charge in [-0.3, -0.25) is 0 Å². The Balaban J connectivity index is 0.997. The van der Waals surface area contributed by atoms with Gasteiger partial charge in [0.25, 0.3) is 0 Å². The van der Waals surface area contributed by atoms with Gasteiger partial charge in [-0.15, -0.1) is 11.3 Å². The highest BCUT2D eigenvalue weighted by Gasteiger charge is 2.22. The quantitative estimate of drug-likeness (QED) is 0.120. The van der Waals surface area contributed by atoms with Crippen LogP contribution in [0.4, 0.5) is 51.2 Å². The minimum absolute atomic E-state index is 1.04. The van der Waals surface area contributed by atoms with Gasteiger partial charge >= 0.3 is 0 Å². The summed E-state index contributed by atoms with van der Waals surface area (Å²) in [5.74, 6) is 0. The van der Waals surface area contributed by atoms with Crippen LogP contribution in [-0.2, 0) is 0 Å². The molecule has 340 valence electrons.